The van der Waals surface area contributed by atoms with Crippen molar-refractivity contribution in [3.8, 4) is 0 Å². The van der Waals surface area contributed by atoms with Crippen molar-refractivity contribution < 1.29 is 14.4 Å². The predicted octanol–water partition coefficient (Wildman–Crippen LogP) is 4.02. The van der Waals surface area contributed by atoms with Gasteiger partial charge >= 0.3 is 0 Å². The Morgan fingerprint density at radius 3 is 2.44 bits per heavy atom. The number of imide groups is 1. The number of halogens is 1. The fraction of sp³-hybridized carbons (Fsp3) is 0.120. The summed E-state index contributed by atoms with van der Waals surface area (Å²) < 4.78 is 1.46. The molecule has 0 radical (unpaired) electrons. The smallest absolute Gasteiger partial charge is 0.293 e. The van der Waals surface area contributed by atoms with E-state index in [1.54, 1.807) is 42.6 Å². The highest BCUT2D eigenvalue weighted by molar-refractivity contribution is 8.18. The Morgan fingerprint density at radius 2 is 1.71 bits per heavy atom. The van der Waals surface area contributed by atoms with Gasteiger partial charge in [0.15, 0.2) is 0 Å². The van der Waals surface area contributed by atoms with Crippen LogP contribution in [0.25, 0.3) is 6.08 Å². The highest BCUT2D eigenvalue weighted by Crippen LogP contribution is 2.32. The summed E-state index contributed by atoms with van der Waals surface area (Å²) in [6, 6.07) is 19.4. The van der Waals surface area contributed by atoms with E-state index in [2.05, 4.69) is 5.32 Å². The molecule has 172 valence electrons. The van der Waals surface area contributed by atoms with Crippen LogP contribution in [-0.2, 0) is 11.3 Å². The minimum atomic E-state index is -0.559. The van der Waals surface area contributed by atoms with Crippen molar-refractivity contribution in [3.63, 3.8) is 0 Å². The predicted molar refractivity (Wildman–Crippen MR) is 133 cm³/mol. The van der Waals surface area contributed by atoms with Gasteiger partial charge in [-0.1, -0.05) is 54.1 Å². The van der Waals surface area contributed by atoms with Gasteiger partial charge in [0.05, 0.1) is 11.4 Å². The van der Waals surface area contributed by atoms with Crippen molar-refractivity contribution in [1.82, 2.24) is 14.8 Å². The van der Waals surface area contributed by atoms with Crippen LogP contribution in [0.3, 0.4) is 0 Å². The Hall–Kier alpha value is -3.62. The zero-order valence-electron chi connectivity index (χ0n) is 17.9. The molecule has 3 amide bonds. The molecule has 4 rings (SSSR count). The average Bonchev–Trinajstić information content (AvgIpc) is 3.10. The lowest BCUT2D eigenvalue weighted by Gasteiger charge is -2.13. The van der Waals surface area contributed by atoms with Crippen molar-refractivity contribution in [2.75, 3.05) is 13.1 Å². The molecule has 2 aromatic carbocycles. The second-order valence-corrected chi connectivity index (χ2v) is 8.91. The zero-order chi connectivity index (χ0) is 24.1. The van der Waals surface area contributed by atoms with Crippen molar-refractivity contribution >= 4 is 46.5 Å². The molecule has 0 saturated carbocycles. The molecule has 1 fully saturated rings. The van der Waals surface area contributed by atoms with Crippen molar-refractivity contribution in [3.05, 3.63) is 110 Å². The standard InChI is InChI=1S/C25H20ClN3O4S/c26-19-10-8-17(9-11-19)15-21-24(32)29(25(33)34-21)14-12-27-22(30)20-7-4-13-28(23(20)31)16-18-5-2-1-3-6-18/h1-11,13,15H,12,14,16H2,(H,27,30)/b21-15-. The Labute approximate surface area is 205 Å². The Bertz CT molecular complexity index is 1320. The lowest BCUT2D eigenvalue weighted by molar-refractivity contribution is -0.122. The first kappa shape index (κ1) is 23.5. The first-order chi connectivity index (χ1) is 16.4. The van der Waals surface area contributed by atoms with Crippen molar-refractivity contribution in [2.45, 2.75) is 6.54 Å². The normalized spacial score (nSPS) is 14.6. The van der Waals surface area contributed by atoms with Crippen LogP contribution >= 0.6 is 23.4 Å². The molecule has 0 spiro atoms. The van der Waals surface area contributed by atoms with E-state index in [4.69, 9.17) is 11.6 Å². The quantitative estimate of drug-likeness (QED) is 0.502. The van der Waals surface area contributed by atoms with Crippen LogP contribution in [0, 0.1) is 0 Å². The highest BCUT2D eigenvalue weighted by Gasteiger charge is 2.34. The lowest BCUT2D eigenvalue weighted by Crippen LogP contribution is -2.39. The number of carbonyl (C=O) groups excluding carboxylic acids is 3. The maximum absolute atomic E-state index is 12.7. The van der Waals surface area contributed by atoms with Gasteiger partial charge < -0.3 is 9.88 Å². The Kier molecular flexibility index (Phi) is 7.30. The number of pyridine rings is 1. The summed E-state index contributed by atoms with van der Waals surface area (Å²) >= 11 is 6.72. The van der Waals surface area contributed by atoms with Gasteiger partial charge in [0.1, 0.15) is 5.56 Å². The van der Waals surface area contributed by atoms with E-state index >= 15 is 0 Å². The molecule has 34 heavy (non-hydrogen) atoms. The second kappa shape index (κ2) is 10.5. The third-order valence-corrected chi connectivity index (χ3v) is 6.28. The number of thioether (sulfide) groups is 1. The number of aromatic nitrogens is 1. The lowest BCUT2D eigenvalue weighted by atomic mass is 10.2. The number of carbonyl (C=O) groups is 3. The summed E-state index contributed by atoms with van der Waals surface area (Å²) in [5.74, 6) is -0.986. The molecule has 1 aromatic heterocycles. The number of nitrogens with one attached hydrogen (secondary N) is 1. The number of nitrogens with zero attached hydrogens (tertiary/aromatic N) is 2. The van der Waals surface area contributed by atoms with E-state index < -0.39 is 22.6 Å². The Morgan fingerprint density at radius 1 is 0.971 bits per heavy atom. The van der Waals surface area contributed by atoms with Gasteiger partial charge in [0.25, 0.3) is 22.6 Å². The summed E-state index contributed by atoms with van der Waals surface area (Å²) in [5, 5.41) is 2.79. The average molecular weight is 494 g/mol. The molecule has 0 bridgehead atoms. The van der Waals surface area contributed by atoms with Gasteiger partial charge in [0, 0.05) is 24.3 Å². The van der Waals surface area contributed by atoms with Crippen LogP contribution in [-0.4, -0.2) is 39.6 Å². The molecule has 2 heterocycles. The molecule has 1 aliphatic heterocycles. The number of rotatable bonds is 7. The van der Waals surface area contributed by atoms with Crippen molar-refractivity contribution in [1.29, 1.82) is 0 Å². The van der Waals surface area contributed by atoms with Crippen molar-refractivity contribution in [2.24, 2.45) is 0 Å². The minimum absolute atomic E-state index is 0.000591. The summed E-state index contributed by atoms with van der Waals surface area (Å²) in [5.41, 5.74) is 1.27. The topological polar surface area (TPSA) is 88.5 Å². The van der Waals surface area contributed by atoms with Crippen LogP contribution < -0.4 is 10.9 Å². The highest BCUT2D eigenvalue weighted by atomic mass is 35.5. The van der Waals surface area contributed by atoms with E-state index in [9.17, 15) is 19.2 Å². The molecular formula is C25H20ClN3O4S. The van der Waals surface area contributed by atoms with Gasteiger partial charge in [0.2, 0.25) is 0 Å². The van der Waals surface area contributed by atoms with Crippen LogP contribution in [0.2, 0.25) is 5.02 Å². The molecule has 1 aliphatic rings. The largest absolute Gasteiger partial charge is 0.350 e. The van der Waals surface area contributed by atoms with Crippen LogP contribution in [0.4, 0.5) is 4.79 Å². The third kappa shape index (κ3) is 5.47. The second-order valence-electron chi connectivity index (χ2n) is 7.48. The number of benzene rings is 2. The van der Waals surface area contributed by atoms with E-state index in [0.29, 0.717) is 16.5 Å². The van der Waals surface area contributed by atoms with Gasteiger partial charge in [-0.25, -0.2) is 0 Å². The van der Waals surface area contributed by atoms with Gasteiger partial charge in [-0.2, -0.15) is 0 Å². The van der Waals surface area contributed by atoms with Gasteiger partial charge in [-0.3, -0.25) is 24.1 Å². The van der Waals surface area contributed by atoms with Crippen LogP contribution in [0.5, 0.6) is 0 Å². The van der Waals surface area contributed by atoms with Gasteiger partial charge in [-0.05, 0) is 53.2 Å². The Balaban J connectivity index is 1.37. The number of hydrogen-bond donors (Lipinski definition) is 1. The first-order valence-corrected chi connectivity index (χ1v) is 11.6. The van der Waals surface area contributed by atoms with E-state index in [0.717, 1.165) is 27.8 Å². The molecular weight excluding hydrogens is 474 g/mol. The first-order valence-electron chi connectivity index (χ1n) is 10.4. The van der Waals surface area contributed by atoms with Crippen LogP contribution in [0.15, 0.2) is 82.6 Å². The molecule has 1 N–H and O–H groups in total. The van der Waals surface area contributed by atoms with Crippen LogP contribution in [0.1, 0.15) is 21.5 Å². The van der Waals surface area contributed by atoms with E-state index in [1.165, 1.54) is 10.6 Å². The summed E-state index contributed by atoms with van der Waals surface area (Å²) in [6.07, 6.45) is 3.25. The SMILES string of the molecule is O=C(NCCN1C(=O)S/C(=C\c2ccc(Cl)cc2)C1=O)c1cccn(Cc2ccccc2)c1=O. The molecule has 0 aliphatic carbocycles. The zero-order valence-corrected chi connectivity index (χ0v) is 19.5. The molecule has 7 nitrogen and oxygen atoms in total. The molecule has 0 atom stereocenters. The summed E-state index contributed by atoms with van der Waals surface area (Å²) in [7, 11) is 0. The third-order valence-electron chi connectivity index (χ3n) is 5.12. The fourth-order valence-corrected chi connectivity index (χ4v) is 4.38. The molecule has 9 heteroatoms. The summed E-state index contributed by atoms with van der Waals surface area (Å²) in [4.78, 5) is 51.6. The number of hydrogen-bond acceptors (Lipinski definition) is 5. The molecule has 1 saturated heterocycles. The van der Waals surface area contributed by atoms with Gasteiger partial charge in [-0.15, -0.1) is 0 Å². The molecule has 0 unspecified atom stereocenters. The maximum Gasteiger partial charge on any atom is 0.293 e. The number of amides is 3. The van der Waals surface area contributed by atoms with E-state index in [-0.39, 0.29) is 18.7 Å². The van der Waals surface area contributed by atoms with E-state index in [1.807, 2.05) is 30.3 Å². The minimum Gasteiger partial charge on any atom is -0.350 e. The maximum atomic E-state index is 12.7. The molecule has 3 aromatic rings. The summed E-state index contributed by atoms with van der Waals surface area (Å²) in [6.45, 7) is 0.370. The fourth-order valence-electron chi connectivity index (χ4n) is 3.39. The monoisotopic (exact) mass is 493 g/mol.